The van der Waals surface area contributed by atoms with Crippen LogP contribution in [0.4, 0.5) is 0 Å². The van der Waals surface area contributed by atoms with E-state index in [0.717, 1.165) is 4.21 Å². The van der Waals surface area contributed by atoms with E-state index < -0.39 is 5.97 Å². The third-order valence-electron chi connectivity index (χ3n) is 2.53. The molecule has 0 fully saturated rings. The Bertz CT molecular complexity index is 678. The van der Waals surface area contributed by atoms with Crippen LogP contribution < -0.4 is 0 Å². The number of hydrogen-bond donors (Lipinski definition) is 0. The van der Waals surface area contributed by atoms with Crippen LogP contribution in [0.25, 0.3) is 0 Å². The fourth-order valence-electron chi connectivity index (χ4n) is 1.52. The zero-order valence-corrected chi connectivity index (χ0v) is 15.5. The second kappa shape index (κ2) is 8.21. The molecule has 0 aliphatic rings. The van der Waals surface area contributed by atoms with Gasteiger partial charge >= 0.3 is 5.97 Å². The average Bonchev–Trinajstić information content (AvgIpc) is 2.93. The maximum absolute atomic E-state index is 12.2. The van der Waals surface area contributed by atoms with E-state index in [0.29, 0.717) is 26.2 Å². The highest BCUT2D eigenvalue weighted by molar-refractivity contribution is 8.01. The molecule has 116 valence electrons. The fourth-order valence-corrected chi connectivity index (χ4v) is 4.26. The number of carbonyl (C=O) groups excluding carboxylic acids is 1. The molecule has 4 nitrogen and oxygen atoms in total. The van der Waals surface area contributed by atoms with Crippen molar-refractivity contribution in [1.29, 1.82) is 0 Å². The summed E-state index contributed by atoms with van der Waals surface area (Å²) in [5.74, 6) is -0.554. The van der Waals surface area contributed by atoms with E-state index in [1.807, 2.05) is 12.5 Å². The summed E-state index contributed by atoms with van der Waals surface area (Å²) in [6, 6.07) is 5.08. The lowest BCUT2D eigenvalue weighted by Gasteiger charge is -2.01. The first-order chi connectivity index (χ1) is 10.6. The Labute approximate surface area is 150 Å². The number of benzene rings is 1. The number of hydrogen-bond acceptors (Lipinski definition) is 7. The SMILES string of the molecule is CSc1nsc(SC)c1C(=O)O/N=C/c1c(Cl)cccc1Cl. The molecule has 0 aliphatic heterocycles. The Kier molecular flexibility index (Phi) is 6.58. The normalized spacial score (nSPS) is 11.1. The van der Waals surface area contributed by atoms with Gasteiger partial charge in [-0.3, -0.25) is 0 Å². The first-order valence-corrected chi connectivity index (χ1v) is 9.82. The predicted octanol–water partition coefficient (Wildman–Crippen LogP) is 5.08. The summed E-state index contributed by atoms with van der Waals surface area (Å²) in [4.78, 5) is 17.1. The third-order valence-corrected chi connectivity index (χ3v) is 5.93. The lowest BCUT2D eigenvalue weighted by molar-refractivity contribution is 0.0511. The largest absolute Gasteiger partial charge is 0.370 e. The van der Waals surface area contributed by atoms with Crippen LogP contribution in [-0.2, 0) is 4.84 Å². The van der Waals surface area contributed by atoms with E-state index in [2.05, 4.69) is 9.53 Å². The summed E-state index contributed by atoms with van der Waals surface area (Å²) in [6.45, 7) is 0. The van der Waals surface area contributed by atoms with Gasteiger partial charge in [-0.25, -0.2) is 4.79 Å². The van der Waals surface area contributed by atoms with Crippen LogP contribution in [0.1, 0.15) is 15.9 Å². The van der Waals surface area contributed by atoms with Gasteiger partial charge in [-0.1, -0.05) is 34.4 Å². The molecule has 0 spiro atoms. The van der Waals surface area contributed by atoms with Crippen LogP contribution in [0.5, 0.6) is 0 Å². The minimum atomic E-state index is -0.554. The molecule has 1 aromatic carbocycles. The van der Waals surface area contributed by atoms with E-state index in [1.54, 1.807) is 18.2 Å². The first kappa shape index (κ1) is 17.6. The molecule has 9 heteroatoms. The van der Waals surface area contributed by atoms with Crippen molar-refractivity contribution in [2.45, 2.75) is 9.24 Å². The predicted molar refractivity (Wildman–Crippen MR) is 95.1 cm³/mol. The van der Waals surface area contributed by atoms with E-state index >= 15 is 0 Å². The van der Waals surface area contributed by atoms with Crippen molar-refractivity contribution in [3.8, 4) is 0 Å². The highest BCUT2D eigenvalue weighted by Crippen LogP contribution is 2.33. The van der Waals surface area contributed by atoms with Crippen molar-refractivity contribution in [1.82, 2.24) is 4.37 Å². The van der Waals surface area contributed by atoms with Crippen molar-refractivity contribution in [3.05, 3.63) is 39.4 Å². The monoisotopic (exact) mass is 392 g/mol. The molecule has 2 rings (SSSR count). The standard InChI is InChI=1S/C13H10Cl2N2O2S3/c1-20-11-10(13(21-2)22-17-11)12(18)19-16-6-7-8(14)4-3-5-9(7)15/h3-6H,1-2H3/b16-6+. The van der Waals surface area contributed by atoms with Crippen LogP contribution in [-0.4, -0.2) is 29.1 Å². The second-order valence-electron chi connectivity index (χ2n) is 3.81. The van der Waals surface area contributed by atoms with Gasteiger partial charge in [0.15, 0.2) is 0 Å². The Hall–Kier alpha value is -0.730. The minimum absolute atomic E-state index is 0.430. The molecule has 1 aromatic heterocycles. The first-order valence-electron chi connectivity index (χ1n) is 5.84. The molecular weight excluding hydrogens is 383 g/mol. The lowest BCUT2D eigenvalue weighted by Crippen LogP contribution is -2.03. The molecule has 0 unspecified atom stereocenters. The number of thioether (sulfide) groups is 2. The summed E-state index contributed by atoms with van der Waals surface area (Å²) in [5, 5.41) is 5.17. The molecule has 0 N–H and O–H groups in total. The minimum Gasteiger partial charge on any atom is -0.313 e. The molecule has 0 aliphatic carbocycles. The average molecular weight is 393 g/mol. The number of aromatic nitrogens is 1. The highest BCUT2D eigenvalue weighted by Gasteiger charge is 2.21. The maximum Gasteiger partial charge on any atom is 0.370 e. The second-order valence-corrected chi connectivity index (χ2v) is 7.26. The van der Waals surface area contributed by atoms with Gasteiger partial charge in [-0.2, -0.15) is 4.37 Å². The van der Waals surface area contributed by atoms with Crippen LogP contribution in [0.2, 0.25) is 10.0 Å². The van der Waals surface area contributed by atoms with Gasteiger partial charge in [-0.05, 0) is 36.2 Å². The zero-order valence-electron chi connectivity index (χ0n) is 11.5. The highest BCUT2D eigenvalue weighted by atomic mass is 35.5. The topological polar surface area (TPSA) is 51.5 Å². The molecule has 0 bridgehead atoms. The smallest absolute Gasteiger partial charge is 0.313 e. The zero-order chi connectivity index (χ0) is 16.1. The maximum atomic E-state index is 12.2. The van der Waals surface area contributed by atoms with Crippen molar-refractivity contribution >= 4 is 70.4 Å². The summed E-state index contributed by atoms with van der Waals surface area (Å²) >= 11 is 16.1. The molecule has 0 saturated heterocycles. The molecule has 0 radical (unpaired) electrons. The van der Waals surface area contributed by atoms with Crippen molar-refractivity contribution in [2.75, 3.05) is 12.5 Å². The van der Waals surface area contributed by atoms with E-state index in [4.69, 9.17) is 28.0 Å². The third kappa shape index (κ3) is 3.97. The Morgan fingerprint density at radius 1 is 1.32 bits per heavy atom. The summed E-state index contributed by atoms with van der Waals surface area (Å²) in [7, 11) is 0. The lowest BCUT2D eigenvalue weighted by atomic mass is 10.2. The summed E-state index contributed by atoms with van der Waals surface area (Å²) < 4.78 is 5.00. The van der Waals surface area contributed by atoms with Gasteiger partial charge in [-0.15, -0.1) is 23.5 Å². The van der Waals surface area contributed by atoms with Gasteiger partial charge < -0.3 is 4.84 Å². The van der Waals surface area contributed by atoms with E-state index in [1.165, 1.54) is 41.3 Å². The van der Waals surface area contributed by atoms with Crippen LogP contribution in [0.3, 0.4) is 0 Å². The molecule has 22 heavy (non-hydrogen) atoms. The molecule has 1 heterocycles. The van der Waals surface area contributed by atoms with Crippen LogP contribution in [0.15, 0.2) is 32.6 Å². The van der Waals surface area contributed by atoms with Crippen LogP contribution >= 0.6 is 58.3 Å². The Morgan fingerprint density at radius 2 is 2.00 bits per heavy atom. The molecule has 0 amide bonds. The number of nitrogens with zero attached hydrogens (tertiary/aromatic N) is 2. The number of carbonyl (C=O) groups is 1. The van der Waals surface area contributed by atoms with Gasteiger partial charge in [0.25, 0.3) is 0 Å². The van der Waals surface area contributed by atoms with E-state index in [-0.39, 0.29) is 0 Å². The molecule has 0 atom stereocenters. The van der Waals surface area contributed by atoms with Gasteiger partial charge in [0.05, 0.1) is 20.5 Å². The van der Waals surface area contributed by atoms with Crippen molar-refractivity contribution in [3.63, 3.8) is 0 Å². The van der Waals surface area contributed by atoms with Gasteiger partial charge in [0, 0.05) is 5.56 Å². The fraction of sp³-hybridized carbons (Fsp3) is 0.154. The quantitative estimate of drug-likeness (QED) is 0.307. The van der Waals surface area contributed by atoms with Crippen molar-refractivity contribution in [2.24, 2.45) is 5.16 Å². The van der Waals surface area contributed by atoms with Gasteiger partial charge in [0.2, 0.25) is 0 Å². The Balaban J connectivity index is 2.17. The van der Waals surface area contributed by atoms with Crippen LogP contribution in [0, 0.1) is 0 Å². The van der Waals surface area contributed by atoms with Crippen molar-refractivity contribution < 1.29 is 9.63 Å². The van der Waals surface area contributed by atoms with E-state index in [9.17, 15) is 4.79 Å². The number of halogens is 2. The Morgan fingerprint density at radius 3 is 2.59 bits per heavy atom. The van der Waals surface area contributed by atoms with Gasteiger partial charge in [0.1, 0.15) is 10.6 Å². The summed E-state index contributed by atoms with van der Waals surface area (Å²) in [6.07, 6.45) is 5.05. The molecule has 0 saturated carbocycles. The molecule has 2 aromatic rings. The summed E-state index contributed by atoms with van der Waals surface area (Å²) in [5.41, 5.74) is 0.935. The number of oxime groups is 1. The molecular formula is C13H10Cl2N2O2S3. The number of rotatable bonds is 5.